The number of ether oxygens (including phenoxy) is 2. The predicted octanol–water partition coefficient (Wildman–Crippen LogP) is 2.43. The Labute approximate surface area is 95.0 Å². The standard InChI is InChI=1S/C12H25BO2/c1-9(2)12(8-10(3)14-5)7-6-11(13-4)15-12/h9-11,13H,6-8H2,1-5H3/t10-,11?,12-/m0/s1. The number of methoxy groups -OCH3 is 1. The summed E-state index contributed by atoms with van der Waals surface area (Å²) >= 11 is 0. The van der Waals surface area contributed by atoms with E-state index in [0.717, 1.165) is 13.7 Å². The average Bonchev–Trinajstić information content (AvgIpc) is 2.62. The molecule has 3 atom stereocenters. The van der Waals surface area contributed by atoms with Crippen LogP contribution in [0.3, 0.4) is 0 Å². The Morgan fingerprint density at radius 2 is 2.13 bits per heavy atom. The first-order valence-corrected chi connectivity index (χ1v) is 6.24. The van der Waals surface area contributed by atoms with Crippen molar-refractivity contribution in [1.82, 2.24) is 0 Å². The van der Waals surface area contributed by atoms with Crippen LogP contribution < -0.4 is 0 Å². The molecule has 0 aromatic rings. The van der Waals surface area contributed by atoms with E-state index in [4.69, 9.17) is 9.47 Å². The molecule has 0 aromatic heterocycles. The van der Waals surface area contributed by atoms with Gasteiger partial charge in [0.05, 0.1) is 11.7 Å². The fraction of sp³-hybridized carbons (Fsp3) is 1.00. The molecular formula is C12H25BO2. The summed E-state index contributed by atoms with van der Waals surface area (Å²) in [6, 6.07) is 0.469. The molecule has 0 radical (unpaired) electrons. The lowest BCUT2D eigenvalue weighted by molar-refractivity contribution is -0.0799. The lowest BCUT2D eigenvalue weighted by Gasteiger charge is -2.35. The van der Waals surface area contributed by atoms with Crippen LogP contribution in [0.15, 0.2) is 0 Å². The Hall–Kier alpha value is -0.0151. The van der Waals surface area contributed by atoms with Crippen molar-refractivity contribution in [2.75, 3.05) is 7.11 Å². The molecule has 1 aliphatic heterocycles. The minimum absolute atomic E-state index is 0.0656. The van der Waals surface area contributed by atoms with Gasteiger partial charge < -0.3 is 9.47 Å². The molecular weight excluding hydrogens is 187 g/mol. The van der Waals surface area contributed by atoms with E-state index in [-0.39, 0.29) is 5.60 Å². The minimum Gasteiger partial charge on any atom is -0.382 e. The molecule has 1 rings (SSSR count). The third kappa shape index (κ3) is 2.98. The Morgan fingerprint density at radius 1 is 1.47 bits per heavy atom. The van der Waals surface area contributed by atoms with Crippen molar-refractivity contribution in [3.63, 3.8) is 0 Å². The van der Waals surface area contributed by atoms with Crippen LogP contribution in [-0.4, -0.2) is 32.1 Å². The third-order valence-electron chi connectivity index (χ3n) is 3.83. The van der Waals surface area contributed by atoms with Gasteiger partial charge in [-0.05, 0) is 25.7 Å². The molecule has 2 nitrogen and oxygen atoms in total. The second-order valence-corrected chi connectivity index (χ2v) is 5.16. The van der Waals surface area contributed by atoms with Gasteiger partial charge in [-0.15, -0.1) is 0 Å². The molecule has 0 aromatic carbocycles. The number of hydrogen-bond donors (Lipinski definition) is 0. The highest BCUT2D eigenvalue weighted by atomic mass is 16.5. The molecule has 0 N–H and O–H groups in total. The predicted molar refractivity (Wildman–Crippen MR) is 65.8 cm³/mol. The van der Waals surface area contributed by atoms with Gasteiger partial charge >= 0.3 is 0 Å². The Balaban J connectivity index is 2.64. The van der Waals surface area contributed by atoms with E-state index < -0.39 is 0 Å². The second-order valence-electron chi connectivity index (χ2n) is 5.16. The van der Waals surface area contributed by atoms with Gasteiger partial charge in [-0.1, -0.05) is 20.7 Å². The summed E-state index contributed by atoms with van der Waals surface area (Å²) in [6.07, 6.45) is 3.72. The molecule has 3 heteroatoms. The van der Waals surface area contributed by atoms with Gasteiger partial charge in [0.15, 0.2) is 7.28 Å². The fourth-order valence-electron chi connectivity index (χ4n) is 2.52. The normalized spacial score (nSPS) is 33.3. The van der Waals surface area contributed by atoms with Gasteiger partial charge in [-0.2, -0.15) is 0 Å². The largest absolute Gasteiger partial charge is 0.382 e. The molecule has 1 fully saturated rings. The molecule has 0 aliphatic carbocycles. The summed E-state index contributed by atoms with van der Waals surface area (Å²) in [4.78, 5) is 0. The minimum atomic E-state index is 0.0656. The van der Waals surface area contributed by atoms with Crippen molar-refractivity contribution in [2.45, 2.75) is 64.6 Å². The van der Waals surface area contributed by atoms with Crippen LogP contribution in [0.1, 0.15) is 40.0 Å². The van der Waals surface area contributed by atoms with Crippen molar-refractivity contribution in [2.24, 2.45) is 5.92 Å². The molecule has 1 saturated heterocycles. The van der Waals surface area contributed by atoms with E-state index in [1.54, 1.807) is 7.11 Å². The van der Waals surface area contributed by atoms with E-state index >= 15 is 0 Å². The van der Waals surface area contributed by atoms with Gasteiger partial charge in [0.25, 0.3) is 0 Å². The zero-order chi connectivity index (χ0) is 11.5. The molecule has 88 valence electrons. The lowest BCUT2D eigenvalue weighted by atomic mass is 9.73. The Kier molecular flexibility index (Phi) is 4.66. The molecule has 0 amide bonds. The first kappa shape index (κ1) is 13.1. The zero-order valence-electron chi connectivity index (χ0n) is 10.9. The molecule has 15 heavy (non-hydrogen) atoms. The van der Waals surface area contributed by atoms with Crippen LogP contribution in [0.2, 0.25) is 6.82 Å². The number of rotatable bonds is 5. The van der Waals surface area contributed by atoms with Gasteiger partial charge in [0, 0.05) is 19.5 Å². The lowest BCUT2D eigenvalue weighted by Crippen LogP contribution is -2.39. The molecule has 1 heterocycles. The topological polar surface area (TPSA) is 18.5 Å². The molecule has 0 saturated carbocycles. The number of hydrogen-bond acceptors (Lipinski definition) is 2. The third-order valence-corrected chi connectivity index (χ3v) is 3.83. The van der Waals surface area contributed by atoms with Gasteiger partial charge in [0.1, 0.15) is 0 Å². The Bertz CT molecular complexity index is 196. The highest BCUT2D eigenvalue weighted by molar-refractivity contribution is 6.35. The van der Waals surface area contributed by atoms with Crippen molar-refractivity contribution in [3.8, 4) is 0 Å². The van der Waals surface area contributed by atoms with Crippen molar-refractivity contribution in [1.29, 1.82) is 0 Å². The van der Waals surface area contributed by atoms with Gasteiger partial charge in [-0.3, -0.25) is 0 Å². The quantitative estimate of drug-likeness (QED) is 0.651. The van der Waals surface area contributed by atoms with E-state index in [1.807, 2.05) is 0 Å². The smallest absolute Gasteiger partial charge is 0.154 e. The second kappa shape index (κ2) is 5.35. The molecule has 0 spiro atoms. The summed E-state index contributed by atoms with van der Waals surface area (Å²) in [7, 11) is 2.92. The SMILES string of the molecule is CBC1CC[C@](C[C@H](C)OC)(C(C)C)O1. The van der Waals surface area contributed by atoms with Crippen LogP contribution in [0.5, 0.6) is 0 Å². The maximum absolute atomic E-state index is 6.25. The van der Waals surface area contributed by atoms with Crippen LogP contribution in [0.25, 0.3) is 0 Å². The van der Waals surface area contributed by atoms with Crippen molar-refractivity contribution in [3.05, 3.63) is 0 Å². The van der Waals surface area contributed by atoms with Crippen LogP contribution >= 0.6 is 0 Å². The summed E-state index contributed by atoms with van der Waals surface area (Å²) < 4.78 is 11.6. The van der Waals surface area contributed by atoms with E-state index in [9.17, 15) is 0 Å². The van der Waals surface area contributed by atoms with Crippen LogP contribution in [0.4, 0.5) is 0 Å². The first-order chi connectivity index (χ1) is 7.04. The molecule has 1 aliphatic rings. The molecule has 1 unspecified atom stereocenters. The zero-order valence-corrected chi connectivity index (χ0v) is 10.9. The summed E-state index contributed by atoms with van der Waals surface area (Å²) in [5, 5.41) is 0. The van der Waals surface area contributed by atoms with Gasteiger partial charge in [-0.25, -0.2) is 0 Å². The first-order valence-electron chi connectivity index (χ1n) is 6.24. The fourth-order valence-corrected chi connectivity index (χ4v) is 2.52. The van der Waals surface area contributed by atoms with Crippen molar-refractivity contribution >= 4 is 7.28 Å². The highest BCUT2D eigenvalue weighted by Gasteiger charge is 2.42. The Morgan fingerprint density at radius 3 is 2.53 bits per heavy atom. The molecule has 0 bridgehead atoms. The van der Waals surface area contributed by atoms with Crippen molar-refractivity contribution < 1.29 is 9.47 Å². The van der Waals surface area contributed by atoms with Gasteiger partial charge in [0.2, 0.25) is 0 Å². The summed E-state index contributed by atoms with van der Waals surface area (Å²) in [5.74, 6) is 0.576. The maximum atomic E-state index is 6.25. The monoisotopic (exact) mass is 212 g/mol. The van der Waals surface area contributed by atoms with Crippen LogP contribution in [-0.2, 0) is 9.47 Å². The van der Waals surface area contributed by atoms with E-state index in [1.165, 1.54) is 12.8 Å². The van der Waals surface area contributed by atoms with E-state index in [0.29, 0.717) is 18.0 Å². The maximum Gasteiger partial charge on any atom is 0.154 e. The van der Waals surface area contributed by atoms with E-state index in [2.05, 4.69) is 27.6 Å². The highest BCUT2D eigenvalue weighted by Crippen LogP contribution is 2.40. The van der Waals surface area contributed by atoms with Crippen LogP contribution in [0, 0.1) is 5.92 Å². The summed E-state index contributed by atoms with van der Waals surface area (Å²) in [5.41, 5.74) is 0.0656. The summed E-state index contributed by atoms with van der Waals surface area (Å²) in [6.45, 7) is 8.87. The average molecular weight is 212 g/mol.